The van der Waals surface area contributed by atoms with Crippen molar-refractivity contribution in [2.75, 3.05) is 0 Å². The molecule has 2 nitrogen and oxygen atoms in total. The number of benzene rings is 2. The first-order valence-electron chi connectivity index (χ1n) is 4.55. The van der Waals surface area contributed by atoms with Gasteiger partial charge < -0.3 is 5.11 Å². The van der Waals surface area contributed by atoms with Gasteiger partial charge in [-0.05, 0) is 28.5 Å². The summed E-state index contributed by atoms with van der Waals surface area (Å²) in [7, 11) is 0. The maximum Gasteiger partial charge on any atom is 0.307 e. The van der Waals surface area contributed by atoms with Gasteiger partial charge in [-0.3, -0.25) is 4.79 Å². The highest BCUT2D eigenvalue weighted by Crippen LogP contribution is 2.21. The molecule has 0 atom stereocenters. The van der Waals surface area contributed by atoms with Gasteiger partial charge in [-0.25, -0.2) is 0 Å². The molecule has 0 saturated heterocycles. The lowest BCUT2D eigenvalue weighted by Crippen LogP contribution is -1.99. The van der Waals surface area contributed by atoms with Crippen LogP contribution >= 0.6 is 15.9 Å². The van der Waals surface area contributed by atoms with Crippen molar-refractivity contribution in [1.82, 2.24) is 0 Å². The summed E-state index contributed by atoms with van der Waals surface area (Å²) in [6.07, 6.45) is 0.0719. The molecule has 76 valence electrons. The topological polar surface area (TPSA) is 37.3 Å². The van der Waals surface area contributed by atoms with Crippen LogP contribution in [-0.2, 0) is 11.2 Å². The second-order valence-corrected chi connectivity index (χ2v) is 4.31. The Morgan fingerprint density at radius 3 is 2.60 bits per heavy atom. The van der Waals surface area contributed by atoms with Gasteiger partial charge in [0.2, 0.25) is 0 Å². The lowest BCUT2D eigenvalue weighted by molar-refractivity contribution is -0.136. The van der Waals surface area contributed by atoms with E-state index in [1.165, 1.54) is 0 Å². The van der Waals surface area contributed by atoms with E-state index in [4.69, 9.17) is 5.11 Å². The Bertz CT molecular complexity index is 520. The van der Waals surface area contributed by atoms with Crippen molar-refractivity contribution < 1.29 is 9.90 Å². The van der Waals surface area contributed by atoms with Crippen molar-refractivity contribution in [2.24, 2.45) is 0 Å². The van der Waals surface area contributed by atoms with E-state index in [1.807, 2.05) is 36.4 Å². The number of carbonyl (C=O) groups is 1. The van der Waals surface area contributed by atoms with E-state index in [-0.39, 0.29) is 6.42 Å². The van der Waals surface area contributed by atoms with E-state index < -0.39 is 5.97 Å². The first kappa shape index (κ1) is 10.2. The maximum absolute atomic E-state index is 10.6. The summed E-state index contributed by atoms with van der Waals surface area (Å²) in [6, 6.07) is 11.7. The van der Waals surface area contributed by atoms with Crippen LogP contribution in [0.25, 0.3) is 10.8 Å². The van der Waals surface area contributed by atoms with Gasteiger partial charge in [-0.2, -0.15) is 0 Å². The van der Waals surface area contributed by atoms with E-state index >= 15 is 0 Å². The number of halogens is 1. The van der Waals surface area contributed by atoms with Crippen molar-refractivity contribution >= 4 is 32.7 Å². The molecular formula is C12H9BrO2. The van der Waals surface area contributed by atoms with Gasteiger partial charge in [0, 0.05) is 4.47 Å². The molecule has 3 heteroatoms. The van der Waals surface area contributed by atoms with Crippen molar-refractivity contribution in [3.05, 3.63) is 46.4 Å². The third kappa shape index (κ3) is 2.36. The SMILES string of the molecule is O=C(O)Cc1ccc2ccc(Br)cc2c1. The second-order valence-electron chi connectivity index (χ2n) is 3.40. The van der Waals surface area contributed by atoms with Crippen LogP contribution in [0.4, 0.5) is 0 Å². The summed E-state index contributed by atoms with van der Waals surface area (Å²) >= 11 is 3.39. The third-order valence-electron chi connectivity index (χ3n) is 2.22. The average molecular weight is 265 g/mol. The van der Waals surface area contributed by atoms with Crippen molar-refractivity contribution in [3.8, 4) is 0 Å². The molecule has 0 bridgehead atoms. The Morgan fingerprint density at radius 1 is 1.13 bits per heavy atom. The van der Waals surface area contributed by atoms with Crippen LogP contribution in [0, 0.1) is 0 Å². The first-order valence-corrected chi connectivity index (χ1v) is 5.34. The summed E-state index contributed by atoms with van der Waals surface area (Å²) in [5.74, 6) is -0.802. The van der Waals surface area contributed by atoms with Gasteiger partial charge in [-0.15, -0.1) is 0 Å². The summed E-state index contributed by atoms with van der Waals surface area (Å²) in [5, 5.41) is 10.9. The van der Waals surface area contributed by atoms with Crippen LogP contribution in [0.15, 0.2) is 40.9 Å². The number of hydrogen-bond donors (Lipinski definition) is 1. The highest BCUT2D eigenvalue weighted by molar-refractivity contribution is 9.10. The largest absolute Gasteiger partial charge is 0.481 e. The summed E-state index contributed by atoms with van der Waals surface area (Å²) in [6.45, 7) is 0. The quantitative estimate of drug-likeness (QED) is 0.905. The van der Waals surface area contributed by atoms with E-state index in [9.17, 15) is 4.79 Å². The minimum Gasteiger partial charge on any atom is -0.481 e. The Kier molecular flexibility index (Phi) is 2.73. The van der Waals surface area contributed by atoms with Crippen LogP contribution in [0.1, 0.15) is 5.56 Å². The Balaban J connectivity index is 2.49. The molecule has 0 aliphatic carbocycles. The molecular weight excluding hydrogens is 256 g/mol. The van der Waals surface area contributed by atoms with Gasteiger partial charge >= 0.3 is 5.97 Å². The molecule has 1 N–H and O–H groups in total. The fourth-order valence-corrected chi connectivity index (χ4v) is 1.93. The Hall–Kier alpha value is -1.35. The molecule has 0 spiro atoms. The molecule has 2 rings (SSSR count). The average Bonchev–Trinajstić information content (AvgIpc) is 2.16. The second kappa shape index (κ2) is 4.03. The number of rotatable bonds is 2. The number of hydrogen-bond acceptors (Lipinski definition) is 1. The fourth-order valence-electron chi connectivity index (χ4n) is 1.55. The molecule has 0 fully saturated rings. The Labute approximate surface area is 95.7 Å². The number of carboxylic acids is 1. The molecule has 15 heavy (non-hydrogen) atoms. The minimum absolute atomic E-state index is 0.0719. The smallest absolute Gasteiger partial charge is 0.307 e. The van der Waals surface area contributed by atoms with Crippen molar-refractivity contribution in [2.45, 2.75) is 6.42 Å². The van der Waals surface area contributed by atoms with Gasteiger partial charge in [0.1, 0.15) is 0 Å². The van der Waals surface area contributed by atoms with Gasteiger partial charge in [0.15, 0.2) is 0 Å². The van der Waals surface area contributed by atoms with E-state index in [0.29, 0.717) is 0 Å². The van der Waals surface area contributed by atoms with Gasteiger partial charge in [0.05, 0.1) is 6.42 Å². The standard InChI is InChI=1S/C12H9BrO2/c13-11-4-3-9-2-1-8(6-12(14)15)5-10(9)7-11/h1-5,7H,6H2,(H,14,15). The van der Waals surface area contributed by atoms with Crippen LogP contribution in [-0.4, -0.2) is 11.1 Å². The zero-order valence-corrected chi connectivity index (χ0v) is 9.49. The summed E-state index contributed by atoms with van der Waals surface area (Å²) < 4.78 is 1.00. The molecule has 0 aliphatic rings. The fraction of sp³-hybridized carbons (Fsp3) is 0.0833. The lowest BCUT2D eigenvalue weighted by Gasteiger charge is -2.01. The van der Waals surface area contributed by atoms with Crippen molar-refractivity contribution in [3.63, 3.8) is 0 Å². The molecule has 0 heterocycles. The molecule has 0 radical (unpaired) electrons. The molecule has 0 aliphatic heterocycles. The highest BCUT2D eigenvalue weighted by atomic mass is 79.9. The molecule has 2 aromatic rings. The third-order valence-corrected chi connectivity index (χ3v) is 2.72. The van der Waals surface area contributed by atoms with Crippen LogP contribution in [0.5, 0.6) is 0 Å². The molecule has 0 unspecified atom stereocenters. The predicted molar refractivity (Wildman–Crippen MR) is 63.0 cm³/mol. The molecule has 0 amide bonds. The summed E-state index contributed by atoms with van der Waals surface area (Å²) in [5.41, 5.74) is 0.827. The van der Waals surface area contributed by atoms with E-state index in [1.54, 1.807) is 0 Å². The monoisotopic (exact) mass is 264 g/mol. The summed E-state index contributed by atoms with van der Waals surface area (Å²) in [4.78, 5) is 10.6. The number of aliphatic carboxylic acids is 1. The van der Waals surface area contributed by atoms with Gasteiger partial charge in [-0.1, -0.05) is 40.2 Å². The Morgan fingerprint density at radius 2 is 1.87 bits per heavy atom. The van der Waals surface area contributed by atoms with Crippen molar-refractivity contribution in [1.29, 1.82) is 0 Å². The predicted octanol–water partition coefficient (Wildman–Crippen LogP) is 3.23. The lowest BCUT2D eigenvalue weighted by atomic mass is 10.1. The minimum atomic E-state index is -0.802. The zero-order valence-electron chi connectivity index (χ0n) is 7.90. The van der Waals surface area contributed by atoms with Crippen LogP contribution in [0.3, 0.4) is 0 Å². The first-order chi connectivity index (χ1) is 7.15. The molecule has 0 aromatic heterocycles. The van der Waals surface area contributed by atoms with Crippen LogP contribution in [0.2, 0.25) is 0 Å². The zero-order chi connectivity index (χ0) is 10.8. The highest BCUT2D eigenvalue weighted by Gasteiger charge is 2.01. The molecule has 0 saturated carbocycles. The molecule has 2 aromatic carbocycles. The number of carboxylic acid groups (broad SMARTS) is 1. The van der Waals surface area contributed by atoms with E-state index in [0.717, 1.165) is 20.8 Å². The maximum atomic E-state index is 10.6. The number of fused-ring (bicyclic) bond motifs is 1. The normalized spacial score (nSPS) is 10.5. The van der Waals surface area contributed by atoms with Crippen LogP contribution < -0.4 is 0 Å². The van der Waals surface area contributed by atoms with E-state index in [2.05, 4.69) is 15.9 Å². The van der Waals surface area contributed by atoms with Gasteiger partial charge in [0.25, 0.3) is 0 Å².